The van der Waals surface area contributed by atoms with Crippen LogP contribution in [0.3, 0.4) is 0 Å². The van der Waals surface area contributed by atoms with Crippen molar-refractivity contribution in [1.29, 1.82) is 0 Å². The van der Waals surface area contributed by atoms with Crippen LogP contribution < -0.4 is 16.0 Å². The van der Waals surface area contributed by atoms with E-state index in [0.29, 0.717) is 69.1 Å². The molecule has 0 bridgehead atoms. The fourth-order valence-electron chi connectivity index (χ4n) is 9.89. The van der Waals surface area contributed by atoms with Gasteiger partial charge in [-0.1, -0.05) is 63.9 Å². The van der Waals surface area contributed by atoms with E-state index in [1.807, 2.05) is 93.8 Å². The molecule has 2 aliphatic rings. The van der Waals surface area contributed by atoms with Crippen molar-refractivity contribution in [2.75, 3.05) is 38.0 Å². The van der Waals surface area contributed by atoms with E-state index in [4.69, 9.17) is 0 Å². The number of imidazole rings is 1. The Bertz CT molecular complexity index is 2990. The van der Waals surface area contributed by atoms with Crippen LogP contribution >= 0.6 is 11.3 Å². The van der Waals surface area contributed by atoms with Crippen molar-refractivity contribution in [1.82, 2.24) is 54.8 Å². The van der Waals surface area contributed by atoms with Crippen molar-refractivity contribution in [3.63, 3.8) is 0 Å². The van der Waals surface area contributed by atoms with Gasteiger partial charge in [0.15, 0.2) is 11.6 Å². The molecule has 0 aliphatic carbocycles. The predicted octanol–water partition coefficient (Wildman–Crippen LogP) is 8.03. The van der Waals surface area contributed by atoms with Crippen LogP contribution in [0.15, 0.2) is 66.4 Å². The zero-order valence-electron chi connectivity index (χ0n) is 43.8. The maximum atomic E-state index is 15.2. The third-order valence-electron chi connectivity index (χ3n) is 13.9. The van der Waals surface area contributed by atoms with Gasteiger partial charge in [0.05, 0.1) is 33.9 Å². The summed E-state index contributed by atoms with van der Waals surface area (Å²) in [7, 11) is 0. The standard InChI is InChI=1S/C55H68F2N12O5S/c1-33(2)69-35(4)62-49-41(56)24-39(25-43(49)69)48-42(57)29-60-54(65-48)63-45-19-16-37(28-58-45)30-66-20-22-67(23-21-66)47(72)13-11-9-8-10-12-46(71)64-51(55(5,6)7)53(74)68-31-40(70)26-44(68)52(73)59-27-36-14-17-38(18-15-36)50-34(3)61-32-75-50/h14-19,24-25,28-29,32-33,40,44,51,70H,8-13,20-23,26-27,30-31H2,1-7H3,(H,59,73)(H,64,71)(H,58,60,63,65)/t40-,44+,51-/m1/s1. The van der Waals surface area contributed by atoms with Crippen molar-refractivity contribution in [3.05, 3.63) is 101 Å². The van der Waals surface area contributed by atoms with Gasteiger partial charge < -0.3 is 35.4 Å². The minimum atomic E-state index is -0.902. The van der Waals surface area contributed by atoms with E-state index in [0.717, 1.165) is 46.3 Å². The number of likely N-dealkylation sites (tertiary alicyclic amines) is 1. The number of unbranched alkanes of at least 4 members (excludes halogenated alkanes) is 3. The van der Waals surface area contributed by atoms with E-state index in [1.54, 1.807) is 29.7 Å². The fourth-order valence-corrected chi connectivity index (χ4v) is 10.7. The number of hydrogen-bond donors (Lipinski definition) is 4. The number of benzene rings is 2. The van der Waals surface area contributed by atoms with E-state index in [-0.39, 0.29) is 72.4 Å². The first-order valence-electron chi connectivity index (χ1n) is 25.8. The quantitative estimate of drug-likeness (QED) is 0.0570. The van der Waals surface area contributed by atoms with Gasteiger partial charge in [-0.25, -0.2) is 33.7 Å². The lowest BCUT2D eigenvalue weighted by atomic mass is 9.85. The van der Waals surface area contributed by atoms with Gasteiger partial charge in [0, 0.05) is 82.9 Å². The lowest BCUT2D eigenvalue weighted by Gasteiger charge is -2.35. The van der Waals surface area contributed by atoms with Crippen molar-refractivity contribution in [3.8, 4) is 21.7 Å². The Labute approximate surface area is 440 Å². The number of piperazine rings is 1. The molecule has 20 heteroatoms. The number of carbonyl (C=O) groups is 4. The molecule has 4 N–H and O–H groups in total. The fraction of sp³-hybridized carbons (Fsp3) is 0.473. The minimum absolute atomic E-state index is 0.00115. The Hall–Kier alpha value is -6.77. The Morgan fingerprint density at radius 3 is 2.23 bits per heavy atom. The van der Waals surface area contributed by atoms with E-state index in [1.165, 1.54) is 11.0 Å². The zero-order valence-corrected chi connectivity index (χ0v) is 44.6. The number of aliphatic hydroxyl groups excluding tert-OH is 1. The number of nitrogens with zero attached hydrogens (tertiary/aromatic N) is 9. The van der Waals surface area contributed by atoms with Crippen molar-refractivity contribution < 1.29 is 33.1 Å². The Balaban J connectivity index is 0.727. The maximum absolute atomic E-state index is 15.2. The normalized spacial score (nSPS) is 16.7. The molecule has 17 nitrogen and oxygen atoms in total. The molecule has 2 aliphatic heterocycles. The summed E-state index contributed by atoms with van der Waals surface area (Å²) in [5.74, 6) is -0.922. The summed E-state index contributed by atoms with van der Waals surface area (Å²) in [6.07, 6.45) is 5.53. The lowest BCUT2D eigenvalue weighted by Crippen LogP contribution is -2.57. The molecule has 2 saturated heterocycles. The number of aromatic nitrogens is 6. The molecular weight excluding hydrogens is 979 g/mol. The Kier molecular flexibility index (Phi) is 17.3. The molecule has 4 aromatic heterocycles. The maximum Gasteiger partial charge on any atom is 0.246 e. The third-order valence-corrected chi connectivity index (χ3v) is 14.9. The number of β-amino-alcohol motifs (C(OH)–C–C–N with tert-alkyl or cyclic N) is 1. The highest BCUT2D eigenvalue weighted by molar-refractivity contribution is 7.13. The SMILES string of the molecule is Cc1ncsc1-c1ccc(CNC(=O)[C@@H]2C[C@@H](O)CN2C(=O)[C@@H](NC(=O)CCCCCCC(=O)N2CCN(Cc3ccc(Nc4ncc(F)c(-c5cc(F)c6nc(C)n(C(C)C)c6c5)n4)nc3)CC2)C(C)(C)C)cc1. The number of halogens is 2. The summed E-state index contributed by atoms with van der Waals surface area (Å²) in [6, 6.07) is 12.8. The first kappa shape index (κ1) is 54.5. The second-order valence-corrected chi connectivity index (χ2v) is 21.9. The monoisotopic (exact) mass is 1050 g/mol. The molecule has 6 heterocycles. The number of thiazole rings is 1. The number of amides is 4. The highest BCUT2D eigenvalue weighted by Crippen LogP contribution is 2.32. The van der Waals surface area contributed by atoms with Crippen LogP contribution in [0, 0.1) is 30.9 Å². The number of hydrogen-bond acceptors (Lipinski definition) is 13. The van der Waals surface area contributed by atoms with Crippen LogP contribution in [0.25, 0.3) is 32.7 Å². The van der Waals surface area contributed by atoms with Crippen LogP contribution in [0.2, 0.25) is 0 Å². The summed E-state index contributed by atoms with van der Waals surface area (Å²) in [6.45, 7) is 16.9. The molecule has 0 unspecified atom stereocenters. The van der Waals surface area contributed by atoms with Crippen LogP contribution in [-0.2, 0) is 32.3 Å². The molecule has 2 fully saturated rings. The van der Waals surface area contributed by atoms with Crippen molar-refractivity contribution >= 4 is 57.8 Å². The molecule has 0 radical (unpaired) electrons. The summed E-state index contributed by atoms with van der Waals surface area (Å²) in [5, 5.41) is 19.5. The van der Waals surface area contributed by atoms with E-state index >= 15 is 8.78 Å². The van der Waals surface area contributed by atoms with Crippen LogP contribution in [0.1, 0.15) is 108 Å². The van der Waals surface area contributed by atoms with Crippen LogP contribution in [-0.4, -0.2) is 124 Å². The number of anilines is 2. The summed E-state index contributed by atoms with van der Waals surface area (Å²) < 4.78 is 32.2. The van der Waals surface area contributed by atoms with Gasteiger partial charge >= 0.3 is 0 Å². The summed E-state index contributed by atoms with van der Waals surface area (Å²) in [5.41, 5.74) is 6.04. The molecule has 8 rings (SSSR count). The average molecular weight is 1050 g/mol. The van der Waals surface area contributed by atoms with Gasteiger partial charge in [-0.15, -0.1) is 11.3 Å². The van der Waals surface area contributed by atoms with Gasteiger partial charge in [-0.05, 0) is 80.8 Å². The predicted molar refractivity (Wildman–Crippen MR) is 285 cm³/mol. The average Bonchev–Trinajstić information content (AvgIpc) is 4.10. The molecule has 75 heavy (non-hydrogen) atoms. The molecule has 6 aromatic rings. The molecule has 0 saturated carbocycles. The molecule has 4 amide bonds. The number of rotatable bonds is 19. The lowest BCUT2D eigenvalue weighted by molar-refractivity contribution is -0.144. The Morgan fingerprint density at radius 1 is 0.840 bits per heavy atom. The smallest absolute Gasteiger partial charge is 0.246 e. The van der Waals surface area contributed by atoms with Crippen molar-refractivity contribution in [2.45, 2.75) is 131 Å². The highest BCUT2D eigenvalue weighted by Gasteiger charge is 2.44. The molecule has 398 valence electrons. The molecular formula is C55H68F2N12O5S. The van der Waals surface area contributed by atoms with E-state index in [2.05, 4.69) is 45.8 Å². The molecule has 2 aromatic carbocycles. The van der Waals surface area contributed by atoms with Crippen LogP contribution in [0.4, 0.5) is 20.5 Å². The van der Waals surface area contributed by atoms with Crippen LogP contribution in [0.5, 0.6) is 0 Å². The largest absolute Gasteiger partial charge is 0.391 e. The van der Waals surface area contributed by atoms with Gasteiger partial charge in [0.1, 0.15) is 34.9 Å². The van der Waals surface area contributed by atoms with E-state index in [9.17, 15) is 24.3 Å². The van der Waals surface area contributed by atoms with E-state index < -0.39 is 41.1 Å². The molecule has 0 spiro atoms. The van der Waals surface area contributed by atoms with Gasteiger partial charge in [-0.2, -0.15) is 0 Å². The second-order valence-electron chi connectivity index (χ2n) is 21.0. The highest BCUT2D eigenvalue weighted by atomic mass is 32.1. The Morgan fingerprint density at radius 2 is 1.56 bits per heavy atom. The second kappa shape index (κ2) is 23.8. The summed E-state index contributed by atoms with van der Waals surface area (Å²) >= 11 is 1.57. The zero-order chi connectivity index (χ0) is 53.6. The third kappa shape index (κ3) is 13.4. The number of aliphatic hydroxyl groups is 1. The van der Waals surface area contributed by atoms with Gasteiger partial charge in [0.25, 0.3) is 0 Å². The first-order valence-corrected chi connectivity index (χ1v) is 26.7. The number of nitrogens with one attached hydrogen (secondary N) is 3. The number of aryl methyl sites for hydroxylation is 2. The number of carbonyl (C=O) groups excluding carboxylic acids is 4. The first-order chi connectivity index (χ1) is 35.8. The minimum Gasteiger partial charge on any atom is -0.391 e. The summed E-state index contributed by atoms with van der Waals surface area (Å²) in [4.78, 5) is 82.3. The number of fused-ring (bicyclic) bond motifs is 1. The topological polar surface area (TPSA) is 204 Å². The number of pyridine rings is 1. The van der Waals surface area contributed by atoms with Gasteiger partial charge in [0.2, 0.25) is 29.6 Å². The van der Waals surface area contributed by atoms with Crippen molar-refractivity contribution in [2.24, 2.45) is 5.41 Å². The van der Waals surface area contributed by atoms with Gasteiger partial charge in [-0.3, -0.25) is 24.1 Å². The molecule has 3 atom stereocenters.